The maximum atomic E-state index is 6.11. The molecule has 3 heteroatoms. The largest absolute Gasteiger partial charge is 0.378 e. The molecule has 0 amide bonds. The molecule has 3 atom stereocenters. The van der Waals surface area contributed by atoms with Crippen molar-refractivity contribution in [1.82, 2.24) is 5.32 Å². The third-order valence-electron chi connectivity index (χ3n) is 6.34. The van der Waals surface area contributed by atoms with Crippen molar-refractivity contribution in [3.8, 4) is 0 Å². The first-order chi connectivity index (χ1) is 13.4. The smallest absolute Gasteiger partial charge is 0.0606 e. The lowest BCUT2D eigenvalue weighted by molar-refractivity contribution is -0.0470. The van der Waals surface area contributed by atoms with E-state index < -0.39 is 0 Å². The standard InChI is InChI=1S/C25H34ClNO/c1-18(2)24-17-25(14-16-28-24,22-9-5-19(3)6-10-22)13-15-27-20(4)21-7-11-23(26)12-8-21/h5-12,18,20,24,27H,13-17H2,1-4H3/t20-,24+,25-/m0/s1. The Morgan fingerprint density at radius 3 is 2.39 bits per heavy atom. The number of halogens is 1. The van der Waals surface area contributed by atoms with Crippen LogP contribution in [0.3, 0.4) is 0 Å². The highest BCUT2D eigenvalue weighted by Crippen LogP contribution is 2.41. The van der Waals surface area contributed by atoms with Gasteiger partial charge in [0.15, 0.2) is 0 Å². The first kappa shape index (κ1) is 21.4. The van der Waals surface area contributed by atoms with Crippen molar-refractivity contribution >= 4 is 11.6 Å². The Labute approximate surface area is 175 Å². The lowest BCUT2D eigenvalue weighted by atomic mass is 9.68. The number of hydrogen-bond donors (Lipinski definition) is 1. The predicted octanol–water partition coefficient (Wildman–Crippen LogP) is 6.46. The molecule has 0 bridgehead atoms. The van der Waals surface area contributed by atoms with Gasteiger partial charge in [-0.25, -0.2) is 0 Å². The number of ether oxygens (including phenoxy) is 1. The molecule has 0 aromatic heterocycles. The molecule has 3 rings (SSSR count). The number of hydrogen-bond acceptors (Lipinski definition) is 2. The van der Waals surface area contributed by atoms with Gasteiger partial charge in [0.2, 0.25) is 0 Å². The van der Waals surface area contributed by atoms with Crippen LogP contribution in [0, 0.1) is 12.8 Å². The van der Waals surface area contributed by atoms with E-state index >= 15 is 0 Å². The van der Waals surface area contributed by atoms with E-state index in [9.17, 15) is 0 Å². The lowest BCUT2D eigenvalue weighted by Crippen LogP contribution is -2.42. The van der Waals surface area contributed by atoms with Crippen LogP contribution in [0.2, 0.25) is 5.02 Å². The number of benzene rings is 2. The van der Waals surface area contributed by atoms with Crippen molar-refractivity contribution in [1.29, 1.82) is 0 Å². The Morgan fingerprint density at radius 1 is 1.07 bits per heavy atom. The molecule has 2 aromatic carbocycles. The molecule has 0 aliphatic carbocycles. The monoisotopic (exact) mass is 399 g/mol. The normalized spacial score (nSPS) is 23.7. The van der Waals surface area contributed by atoms with Gasteiger partial charge < -0.3 is 10.1 Å². The Morgan fingerprint density at radius 2 is 1.75 bits per heavy atom. The second kappa shape index (κ2) is 9.43. The fourth-order valence-electron chi connectivity index (χ4n) is 4.32. The van der Waals surface area contributed by atoms with Gasteiger partial charge in [-0.05, 0) is 68.8 Å². The summed E-state index contributed by atoms with van der Waals surface area (Å²) in [6.07, 6.45) is 3.66. The van der Waals surface area contributed by atoms with Crippen molar-refractivity contribution in [3.05, 3.63) is 70.2 Å². The summed E-state index contributed by atoms with van der Waals surface area (Å²) in [4.78, 5) is 0. The van der Waals surface area contributed by atoms with Gasteiger partial charge in [0.25, 0.3) is 0 Å². The minimum absolute atomic E-state index is 0.188. The highest BCUT2D eigenvalue weighted by atomic mass is 35.5. The summed E-state index contributed by atoms with van der Waals surface area (Å²) in [6, 6.07) is 17.6. The minimum atomic E-state index is 0.188. The van der Waals surface area contributed by atoms with Crippen LogP contribution >= 0.6 is 11.6 Å². The Hall–Kier alpha value is -1.35. The molecule has 0 radical (unpaired) electrons. The molecule has 1 N–H and O–H groups in total. The molecule has 0 saturated carbocycles. The summed E-state index contributed by atoms with van der Waals surface area (Å²) in [7, 11) is 0. The molecule has 2 aromatic rings. The van der Waals surface area contributed by atoms with E-state index in [0.717, 1.165) is 37.4 Å². The van der Waals surface area contributed by atoms with Gasteiger partial charge in [-0.3, -0.25) is 0 Å². The second-order valence-corrected chi connectivity index (χ2v) is 9.17. The summed E-state index contributed by atoms with van der Waals surface area (Å²) < 4.78 is 6.11. The third-order valence-corrected chi connectivity index (χ3v) is 6.59. The molecular weight excluding hydrogens is 366 g/mol. The van der Waals surface area contributed by atoms with Gasteiger partial charge in [-0.1, -0.05) is 67.4 Å². The van der Waals surface area contributed by atoms with Gasteiger partial charge in [0, 0.05) is 23.1 Å². The zero-order chi connectivity index (χ0) is 20.1. The van der Waals surface area contributed by atoms with Crippen LogP contribution in [0.25, 0.3) is 0 Å². The predicted molar refractivity (Wildman–Crippen MR) is 119 cm³/mol. The van der Waals surface area contributed by atoms with Gasteiger partial charge >= 0.3 is 0 Å². The molecular formula is C25H34ClNO. The zero-order valence-corrected chi connectivity index (χ0v) is 18.4. The van der Waals surface area contributed by atoms with Crippen LogP contribution in [0.15, 0.2) is 48.5 Å². The van der Waals surface area contributed by atoms with Crippen molar-refractivity contribution in [2.45, 2.75) is 64.5 Å². The van der Waals surface area contributed by atoms with Crippen molar-refractivity contribution < 1.29 is 4.74 Å². The lowest BCUT2D eigenvalue weighted by Gasteiger charge is -2.43. The molecule has 28 heavy (non-hydrogen) atoms. The quantitative estimate of drug-likeness (QED) is 0.576. The van der Waals surface area contributed by atoms with Crippen molar-refractivity contribution in [2.75, 3.05) is 13.2 Å². The van der Waals surface area contributed by atoms with Gasteiger partial charge in [-0.15, -0.1) is 0 Å². The van der Waals surface area contributed by atoms with Gasteiger partial charge in [-0.2, -0.15) is 0 Å². The number of rotatable bonds is 7. The summed E-state index contributed by atoms with van der Waals surface area (Å²) in [6.45, 7) is 10.8. The molecule has 1 aliphatic rings. The molecule has 1 fully saturated rings. The molecule has 1 saturated heterocycles. The summed E-state index contributed by atoms with van der Waals surface area (Å²) in [5, 5.41) is 4.52. The fourth-order valence-corrected chi connectivity index (χ4v) is 4.44. The maximum absolute atomic E-state index is 6.11. The third kappa shape index (κ3) is 5.17. The number of nitrogens with one attached hydrogen (secondary N) is 1. The van der Waals surface area contributed by atoms with Crippen LogP contribution in [0.1, 0.15) is 62.8 Å². The average molecular weight is 400 g/mol. The SMILES string of the molecule is Cc1ccc([C@@]2(CCN[C@@H](C)c3ccc(Cl)cc3)CCO[C@@H](C(C)C)C2)cc1. The van der Waals surface area contributed by atoms with Crippen molar-refractivity contribution in [3.63, 3.8) is 0 Å². The second-order valence-electron chi connectivity index (χ2n) is 8.73. The van der Waals surface area contributed by atoms with E-state index in [4.69, 9.17) is 16.3 Å². The Balaban J connectivity index is 1.72. The number of aryl methyl sites for hydroxylation is 1. The van der Waals surface area contributed by atoms with Crippen LogP contribution in [0.5, 0.6) is 0 Å². The molecule has 0 spiro atoms. The topological polar surface area (TPSA) is 21.3 Å². The highest BCUT2D eigenvalue weighted by Gasteiger charge is 2.39. The van der Waals surface area contributed by atoms with E-state index in [2.05, 4.69) is 69.4 Å². The van der Waals surface area contributed by atoms with Gasteiger partial charge in [0.05, 0.1) is 6.10 Å². The van der Waals surface area contributed by atoms with Crippen molar-refractivity contribution in [2.24, 2.45) is 5.92 Å². The summed E-state index contributed by atoms with van der Waals surface area (Å²) in [5.74, 6) is 0.547. The molecule has 2 nitrogen and oxygen atoms in total. The fraction of sp³-hybridized carbons (Fsp3) is 0.520. The average Bonchev–Trinajstić information content (AvgIpc) is 2.69. The first-order valence-corrected chi connectivity index (χ1v) is 10.9. The molecule has 1 heterocycles. The maximum Gasteiger partial charge on any atom is 0.0606 e. The van der Waals surface area contributed by atoms with Crippen LogP contribution < -0.4 is 5.32 Å². The van der Waals surface area contributed by atoms with E-state index in [1.807, 2.05) is 12.1 Å². The molecule has 152 valence electrons. The molecule has 0 unspecified atom stereocenters. The first-order valence-electron chi connectivity index (χ1n) is 10.6. The van der Waals surface area contributed by atoms with E-state index in [1.54, 1.807) is 0 Å². The summed E-state index contributed by atoms with van der Waals surface area (Å²) in [5.41, 5.74) is 4.25. The summed E-state index contributed by atoms with van der Waals surface area (Å²) >= 11 is 6.03. The minimum Gasteiger partial charge on any atom is -0.378 e. The Kier molecular flexibility index (Phi) is 7.20. The van der Waals surface area contributed by atoms with Gasteiger partial charge in [0.1, 0.15) is 0 Å². The zero-order valence-electron chi connectivity index (χ0n) is 17.7. The molecule has 1 aliphatic heterocycles. The van der Waals surface area contributed by atoms with E-state index in [1.165, 1.54) is 16.7 Å². The Bertz CT molecular complexity index is 740. The van der Waals surface area contributed by atoms with Crippen LogP contribution in [0.4, 0.5) is 0 Å². The van der Waals surface area contributed by atoms with E-state index in [0.29, 0.717) is 18.1 Å². The van der Waals surface area contributed by atoms with Crippen LogP contribution in [-0.4, -0.2) is 19.3 Å². The highest BCUT2D eigenvalue weighted by molar-refractivity contribution is 6.30. The van der Waals surface area contributed by atoms with E-state index in [-0.39, 0.29) is 5.41 Å². The van der Waals surface area contributed by atoms with Crippen LogP contribution in [-0.2, 0) is 10.2 Å².